The van der Waals surface area contributed by atoms with Gasteiger partial charge in [0.05, 0.1) is 0 Å². The highest BCUT2D eigenvalue weighted by Crippen LogP contribution is 2.16. The van der Waals surface area contributed by atoms with Crippen molar-refractivity contribution in [1.82, 2.24) is 14.8 Å². The van der Waals surface area contributed by atoms with E-state index in [1.165, 1.54) is 0 Å². The lowest BCUT2D eigenvalue weighted by Crippen LogP contribution is -2.39. The number of nitrogens with one attached hydrogen (secondary N) is 1. The van der Waals surface area contributed by atoms with Crippen LogP contribution < -0.4 is 0 Å². The van der Waals surface area contributed by atoms with Crippen LogP contribution in [0, 0.1) is 5.92 Å². The number of amides is 1. The van der Waals surface area contributed by atoms with Crippen molar-refractivity contribution in [3.63, 3.8) is 0 Å². The highest BCUT2D eigenvalue weighted by molar-refractivity contribution is 5.97. The maximum absolute atomic E-state index is 12.8. The molecule has 2 aromatic rings. The summed E-state index contributed by atoms with van der Waals surface area (Å²) in [5.41, 5.74) is 1.77. The maximum atomic E-state index is 12.8. The van der Waals surface area contributed by atoms with Crippen LogP contribution in [0.1, 0.15) is 24.2 Å². The van der Waals surface area contributed by atoms with Gasteiger partial charge in [0.2, 0.25) is 0 Å². The van der Waals surface area contributed by atoms with Gasteiger partial charge >= 0.3 is 0 Å². The minimum Gasteiger partial charge on any atom is -0.361 e. The van der Waals surface area contributed by atoms with E-state index in [0.717, 1.165) is 36.1 Å². The molecule has 0 aliphatic heterocycles. The Morgan fingerprint density at radius 1 is 1.19 bits per heavy atom. The summed E-state index contributed by atoms with van der Waals surface area (Å²) < 4.78 is 0. The largest absolute Gasteiger partial charge is 0.361 e. The Labute approximate surface area is 126 Å². The average Bonchev–Trinajstić information content (AvgIpc) is 2.89. The summed E-state index contributed by atoms with van der Waals surface area (Å²) >= 11 is 0. The number of H-pyrrole nitrogens is 1. The van der Waals surface area contributed by atoms with Crippen LogP contribution in [-0.4, -0.2) is 54.4 Å². The van der Waals surface area contributed by atoms with Crippen LogP contribution in [0.15, 0.2) is 30.5 Å². The molecule has 0 aliphatic carbocycles. The second-order valence-electron chi connectivity index (χ2n) is 6.23. The minimum atomic E-state index is 0.113. The first-order chi connectivity index (χ1) is 9.97. The third-order valence-electron chi connectivity index (χ3n) is 3.49. The standard InChI is InChI=1S/C17H25N3O/c1-13(2)12-20(10-9-19(3)4)17(21)15-6-5-14-7-8-18-16(14)11-15/h5-8,11,13,18H,9-10,12H2,1-4H3. The summed E-state index contributed by atoms with van der Waals surface area (Å²) in [6.07, 6.45) is 1.90. The van der Waals surface area contributed by atoms with Crippen molar-refractivity contribution >= 4 is 16.8 Å². The fraction of sp³-hybridized carbons (Fsp3) is 0.471. The lowest BCUT2D eigenvalue weighted by atomic mass is 10.1. The molecule has 4 heteroatoms. The summed E-state index contributed by atoms with van der Waals surface area (Å²) in [6, 6.07) is 7.88. The van der Waals surface area contributed by atoms with Crippen molar-refractivity contribution in [1.29, 1.82) is 0 Å². The molecule has 0 saturated heterocycles. The fourth-order valence-electron chi connectivity index (χ4n) is 2.40. The Morgan fingerprint density at radius 3 is 2.62 bits per heavy atom. The van der Waals surface area contributed by atoms with Gasteiger partial charge in [-0.25, -0.2) is 0 Å². The molecule has 0 spiro atoms. The summed E-state index contributed by atoms with van der Waals surface area (Å²) in [5.74, 6) is 0.576. The highest BCUT2D eigenvalue weighted by atomic mass is 16.2. The first kappa shape index (κ1) is 15.6. The molecule has 0 radical (unpaired) electrons. The first-order valence-electron chi connectivity index (χ1n) is 7.48. The van der Waals surface area contributed by atoms with E-state index in [4.69, 9.17) is 0 Å². The molecule has 21 heavy (non-hydrogen) atoms. The van der Waals surface area contributed by atoms with Crippen molar-refractivity contribution in [2.75, 3.05) is 33.7 Å². The highest BCUT2D eigenvalue weighted by Gasteiger charge is 2.17. The SMILES string of the molecule is CC(C)CN(CCN(C)C)C(=O)c1ccc2cc[nH]c2c1. The van der Waals surface area contributed by atoms with Crippen LogP contribution in [0.25, 0.3) is 10.9 Å². The number of likely N-dealkylation sites (N-methyl/N-ethyl adjacent to an activating group) is 1. The lowest BCUT2D eigenvalue weighted by molar-refractivity contribution is 0.0725. The molecule has 1 aromatic carbocycles. The third kappa shape index (κ3) is 4.08. The normalized spacial score (nSPS) is 11.5. The van der Waals surface area contributed by atoms with Gasteiger partial charge in [-0.15, -0.1) is 0 Å². The van der Waals surface area contributed by atoms with E-state index < -0.39 is 0 Å². The van der Waals surface area contributed by atoms with E-state index in [1.54, 1.807) is 0 Å². The summed E-state index contributed by atoms with van der Waals surface area (Å²) in [7, 11) is 4.06. The second kappa shape index (κ2) is 6.76. The van der Waals surface area contributed by atoms with Gasteiger partial charge in [0.1, 0.15) is 0 Å². The van der Waals surface area contributed by atoms with Gasteiger partial charge < -0.3 is 14.8 Å². The molecule has 1 aromatic heterocycles. The van der Waals surface area contributed by atoms with Gasteiger partial charge in [0.25, 0.3) is 5.91 Å². The zero-order chi connectivity index (χ0) is 15.4. The number of aromatic nitrogens is 1. The number of hydrogen-bond acceptors (Lipinski definition) is 2. The molecule has 0 atom stereocenters. The van der Waals surface area contributed by atoms with Gasteiger partial charge in [-0.3, -0.25) is 4.79 Å². The molecule has 0 unspecified atom stereocenters. The second-order valence-corrected chi connectivity index (χ2v) is 6.23. The summed E-state index contributed by atoms with van der Waals surface area (Å²) in [4.78, 5) is 20.0. The van der Waals surface area contributed by atoms with E-state index in [2.05, 4.69) is 23.7 Å². The molecule has 4 nitrogen and oxygen atoms in total. The van der Waals surface area contributed by atoms with Gasteiger partial charge in [-0.05, 0) is 43.6 Å². The lowest BCUT2D eigenvalue weighted by Gasteiger charge is -2.26. The monoisotopic (exact) mass is 287 g/mol. The van der Waals surface area contributed by atoms with E-state index in [-0.39, 0.29) is 5.91 Å². The van der Waals surface area contributed by atoms with Gasteiger partial charge in [0, 0.05) is 36.9 Å². The van der Waals surface area contributed by atoms with Gasteiger partial charge in [-0.2, -0.15) is 0 Å². The fourth-order valence-corrected chi connectivity index (χ4v) is 2.40. The van der Waals surface area contributed by atoms with Gasteiger partial charge in [0.15, 0.2) is 0 Å². The summed E-state index contributed by atoms with van der Waals surface area (Å²) in [6.45, 7) is 6.71. The number of fused-ring (bicyclic) bond motifs is 1. The van der Waals surface area contributed by atoms with E-state index in [0.29, 0.717) is 5.92 Å². The van der Waals surface area contributed by atoms with Gasteiger partial charge in [-0.1, -0.05) is 19.9 Å². The number of nitrogens with zero attached hydrogens (tertiary/aromatic N) is 2. The molecule has 2 rings (SSSR count). The minimum absolute atomic E-state index is 0.113. The smallest absolute Gasteiger partial charge is 0.253 e. The predicted octanol–water partition coefficient (Wildman–Crippen LogP) is 2.83. The molecule has 0 fully saturated rings. The Bertz CT molecular complexity index is 601. The Balaban J connectivity index is 2.18. The van der Waals surface area contributed by atoms with Crippen LogP contribution in [-0.2, 0) is 0 Å². The summed E-state index contributed by atoms with van der Waals surface area (Å²) in [5, 5.41) is 1.13. The van der Waals surface area contributed by atoms with E-state index in [1.807, 2.05) is 49.5 Å². The van der Waals surface area contributed by atoms with Crippen LogP contribution in [0.3, 0.4) is 0 Å². The molecule has 1 amide bonds. The zero-order valence-corrected chi connectivity index (χ0v) is 13.4. The van der Waals surface area contributed by atoms with Crippen LogP contribution in [0.4, 0.5) is 0 Å². The van der Waals surface area contributed by atoms with Crippen molar-refractivity contribution < 1.29 is 4.79 Å². The number of aromatic amines is 1. The number of hydrogen-bond donors (Lipinski definition) is 1. The Kier molecular flexibility index (Phi) is 5.02. The number of benzene rings is 1. The number of carbonyl (C=O) groups is 1. The molecule has 0 saturated carbocycles. The van der Waals surface area contributed by atoms with Crippen molar-refractivity contribution in [2.24, 2.45) is 5.92 Å². The van der Waals surface area contributed by atoms with Crippen LogP contribution in [0.2, 0.25) is 0 Å². The number of rotatable bonds is 6. The molecular formula is C17H25N3O. The molecular weight excluding hydrogens is 262 g/mol. The topological polar surface area (TPSA) is 39.3 Å². The van der Waals surface area contributed by atoms with Crippen molar-refractivity contribution in [3.8, 4) is 0 Å². The molecule has 0 aliphatic rings. The predicted molar refractivity (Wildman–Crippen MR) is 87.6 cm³/mol. The Hall–Kier alpha value is -1.81. The zero-order valence-electron chi connectivity index (χ0n) is 13.4. The average molecular weight is 287 g/mol. The molecule has 1 heterocycles. The Morgan fingerprint density at radius 2 is 1.95 bits per heavy atom. The van der Waals surface area contributed by atoms with Crippen molar-refractivity contribution in [3.05, 3.63) is 36.0 Å². The molecule has 0 bridgehead atoms. The number of carbonyl (C=O) groups excluding carboxylic acids is 1. The molecule has 114 valence electrons. The van der Waals surface area contributed by atoms with E-state index >= 15 is 0 Å². The molecule has 1 N–H and O–H groups in total. The maximum Gasteiger partial charge on any atom is 0.253 e. The van der Waals surface area contributed by atoms with E-state index in [9.17, 15) is 4.79 Å². The van der Waals surface area contributed by atoms with Crippen molar-refractivity contribution in [2.45, 2.75) is 13.8 Å². The third-order valence-corrected chi connectivity index (χ3v) is 3.49. The van der Waals surface area contributed by atoms with Crippen LogP contribution in [0.5, 0.6) is 0 Å². The first-order valence-corrected chi connectivity index (χ1v) is 7.48. The van der Waals surface area contributed by atoms with Crippen LogP contribution >= 0.6 is 0 Å². The quantitative estimate of drug-likeness (QED) is 0.887.